The summed E-state index contributed by atoms with van der Waals surface area (Å²) in [6.07, 6.45) is 7.04. The van der Waals surface area contributed by atoms with Gasteiger partial charge < -0.3 is 9.47 Å². The average Bonchev–Trinajstić information content (AvgIpc) is 3.07. The van der Waals surface area contributed by atoms with Gasteiger partial charge in [0.15, 0.2) is 0 Å². The molecule has 3 aromatic rings. The van der Waals surface area contributed by atoms with Crippen LogP contribution in [0.3, 0.4) is 0 Å². The van der Waals surface area contributed by atoms with Crippen molar-refractivity contribution in [2.75, 3.05) is 19.6 Å². The van der Waals surface area contributed by atoms with Gasteiger partial charge in [-0.3, -0.25) is 4.98 Å². The zero-order chi connectivity index (χ0) is 18.1. The molecular weight excluding hydrogens is 327 g/mol. The van der Waals surface area contributed by atoms with Gasteiger partial charge in [0, 0.05) is 42.4 Å². The highest BCUT2D eigenvalue weighted by Gasteiger charge is 2.22. The van der Waals surface area contributed by atoms with Crippen LogP contribution in [0.15, 0.2) is 43.0 Å². The number of hydrogen-bond donors (Lipinski definition) is 0. The standard InChI is InChI=1S/C21H25FN4/c1-15(22)13-26-7-5-16(6-8-26)20-10-19-9-17(3-4-18(19)11-24-20)21-12-23-14-25(21)2/h3-4,9-12,14-16H,5-8,13H2,1-2H3. The van der Waals surface area contributed by atoms with Gasteiger partial charge in [-0.2, -0.15) is 0 Å². The number of aromatic nitrogens is 3. The van der Waals surface area contributed by atoms with E-state index in [4.69, 9.17) is 4.98 Å². The summed E-state index contributed by atoms with van der Waals surface area (Å²) in [4.78, 5) is 11.2. The average molecular weight is 352 g/mol. The number of aryl methyl sites for hydroxylation is 1. The predicted octanol–water partition coefficient (Wildman–Crippen LogP) is 4.17. The van der Waals surface area contributed by atoms with Crippen molar-refractivity contribution in [3.8, 4) is 11.3 Å². The fourth-order valence-electron chi connectivity index (χ4n) is 3.94. The molecule has 2 aromatic heterocycles. The fourth-order valence-corrected chi connectivity index (χ4v) is 3.94. The van der Waals surface area contributed by atoms with Gasteiger partial charge in [-0.25, -0.2) is 9.37 Å². The maximum Gasteiger partial charge on any atom is 0.110 e. The van der Waals surface area contributed by atoms with Crippen LogP contribution in [-0.4, -0.2) is 45.2 Å². The molecule has 4 nitrogen and oxygen atoms in total. The minimum atomic E-state index is -0.754. The van der Waals surface area contributed by atoms with Crippen LogP contribution in [0.2, 0.25) is 0 Å². The van der Waals surface area contributed by atoms with E-state index in [9.17, 15) is 4.39 Å². The van der Waals surface area contributed by atoms with Crippen LogP contribution in [0, 0.1) is 0 Å². The number of imidazole rings is 1. The molecular formula is C21H25FN4. The van der Waals surface area contributed by atoms with Gasteiger partial charge in [0.25, 0.3) is 0 Å². The van der Waals surface area contributed by atoms with Crippen molar-refractivity contribution in [1.29, 1.82) is 0 Å². The van der Waals surface area contributed by atoms with Crippen LogP contribution in [-0.2, 0) is 7.05 Å². The van der Waals surface area contributed by atoms with Gasteiger partial charge in [-0.1, -0.05) is 12.1 Å². The minimum absolute atomic E-state index is 0.464. The highest BCUT2D eigenvalue weighted by atomic mass is 19.1. The second-order valence-electron chi connectivity index (χ2n) is 7.42. The first-order chi connectivity index (χ1) is 12.6. The van der Waals surface area contributed by atoms with Crippen molar-refractivity contribution in [2.45, 2.75) is 31.9 Å². The van der Waals surface area contributed by atoms with Crippen LogP contribution in [0.25, 0.3) is 22.0 Å². The zero-order valence-corrected chi connectivity index (χ0v) is 15.4. The number of pyridine rings is 1. The third-order valence-electron chi connectivity index (χ3n) is 5.37. The molecule has 136 valence electrons. The Hall–Kier alpha value is -2.27. The van der Waals surface area contributed by atoms with E-state index in [1.807, 2.05) is 30.3 Å². The van der Waals surface area contributed by atoms with Crippen LogP contribution >= 0.6 is 0 Å². The molecule has 0 radical (unpaired) electrons. The summed E-state index contributed by atoms with van der Waals surface area (Å²) in [7, 11) is 2.01. The molecule has 1 saturated heterocycles. The Bertz CT molecular complexity index is 894. The third kappa shape index (κ3) is 3.49. The second-order valence-corrected chi connectivity index (χ2v) is 7.42. The molecule has 0 aliphatic carbocycles. The van der Waals surface area contributed by atoms with Gasteiger partial charge in [-0.05, 0) is 50.4 Å². The number of hydrogen-bond acceptors (Lipinski definition) is 3. The van der Waals surface area contributed by atoms with E-state index in [0.717, 1.165) is 42.7 Å². The lowest BCUT2D eigenvalue weighted by atomic mass is 9.92. The predicted molar refractivity (Wildman–Crippen MR) is 103 cm³/mol. The summed E-state index contributed by atoms with van der Waals surface area (Å²) in [5.74, 6) is 0.464. The maximum absolute atomic E-state index is 13.2. The second kappa shape index (κ2) is 7.16. The Kier molecular flexibility index (Phi) is 4.72. The fraction of sp³-hybridized carbons (Fsp3) is 0.429. The number of rotatable bonds is 4. The molecule has 4 rings (SSSR count). The van der Waals surface area contributed by atoms with E-state index < -0.39 is 6.17 Å². The Morgan fingerprint density at radius 3 is 2.65 bits per heavy atom. The molecule has 0 bridgehead atoms. The third-order valence-corrected chi connectivity index (χ3v) is 5.37. The van der Waals surface area contributed by atoms with Gasteiger partial charge >= 0.3 is 0 Å². The topological polar surface area (TPSA) is 34.0 Å². The molecule has 0 amide bonds. The number of likely N-dealkylation sites (tertiary alicyclic amines) is 1. The Labute approximate surface area is 153 Å². The summed E-state index contributed by atoms with van der Waals surface area (Å²) in [5, 5.41) is 2.37. The molecule has 0 saturated carbocycles. The van der Waals surface area contributed by atoms with E-state index in [-0.39, 0.29) is 0 Å². The monoisotopic (exact) mass is 352 g/mol. The number of piperidine rings is 1. The van der Waals surface area contributed by atoms with E-state index >= 15 is 0 Å². The summed E-state index contributed by atoms with van der Waals surface area (Å²) in [6, 6.07) is 8.70. The number of alkyl halides is 1. The van der Waals surface area contributed by atoms with Crippen molar-refractivity contribution in [1.82, 2.24) is 19.4 Å². The first-order valence-corrected chi connectivity index (χ1v) is 9.33. The van der Waals surface area contributed by atoms with Crippen molar-refractivity contribution in [3.05, 3.63) is 48.7 Å². The first-order valence-electron chi connectivity index (χ1n) is 9.33. The molecule has 26 heavy (non-hydrogen) atoms. The van der Waals surface area contributed by atoms with Gasteiger partial charge in [0.05, 0.1) is 18.2 Å². The number of halogens is 1. The van der Waals surface area contributed by atoms with Crippen molar-refractivity contribution < 1.29 is 4.39 Å². The minimum Gasteiger partial charge on any atom is -0.334 e. The van der Waals surface area contributed by atoms with E-state index in [2.05, 4.69) is 34.1 Å². The van der Waals surface area contributed by atoms with Crippen molar-refractivity contribution in [3.63, 3.8) is 0 Å². The summed E-state index contributed by atoms with van der Waals surface area (Å²) >= 11 is 0. The largest absolute Gasteiger partial charge is 0.334 e. The molecule has 1 unspecified atom stereocenters. The smallest absolute Gasteiger partial charge is 0.110 e. The molecule has 5 heteroatoms. The van der Waals surface area contributed by atoms with Gasteiger partial charge in [0.1, 0.15) is 6.17 Å². The summed E-state index contributed by atoms with van der Waals surface area (Å²) < 4.78 is 15.2. The molecule has 3 heterocycles. The summed E-state index contributed by atoms with van der Waals surface area (Å²) in [6.45, 7) is 4.09. The lowest BCUT2D eigenvalue weighted by molar-refractivity contribution is 0.164. The molecule has 0 N–H and O–H groups in total. The maximum atomic E-state index is 13.2. The van der Waals surface area contributed by atoms with Gasteiger partial charge in [0.2, 0.25) is 0 Å². The lowest BCUT2D eigenvalue weighted by Gasteiger charge is -2.32. The van der Waals surface area contributed by atoms with Crippen LogP contribution in [0.5, 0.6) is 0 Å². The molecule has 1 aromatic carbocycles. The lowest BCUT2D eigenvalue weighted by Crippen LogP contribution is -2.36. The number of nitrogens with zero attached hydrogens (tertiary/aromatic N) is 4. The molecule has 0 spiro atoms. The number of fused-ring (bicyclic) bond motifs is 1. The van der Waals surface area contributed by atoms with Crippen molar-refractivity contribution >= 4 is 10.8 Å². The highest BCUT2D eigenvalue weighted by molar-refractivity contribution is 5.86. The van der Waals surface area contributed by atoms with Crippen molar-refractivity contribution in [2.24, 2.45) is 7.05 Å². The molecule has 1 aliphatic heterocycles. The van der Waals surface area contributed by atoms with E-state index in [1.165, 1.54) is 10.9 Å². The zero-order valence-electron chi connectivity index (χ0n) is 15.4. The van der Waals surface area contributed by atoms with E-state index in [0.29, 0.717) is 12.5 Å². The molecule has 1 atom stereocenters. The van der Waals surface area contributed by atoms with Crippen LogP contribution in [0.4, 0.5) is 4.39 Å². The molecule has 1 fully saturated rings. The number of benzene rings is 1. The quantitative estimate of drug-likeness (QED) is 0.707. The van der Waals surface area contributed by atoms with Crippen LogP contribution in [0.1, 0.15) is 31.4 Å². The first kappa shape index (κ1) is 17.2. The SMILES string of the molecule is CC(F)CN1CCC(c2cc3cc(-c4cncn4C)ccc3cn2)CC1. The van der Waals surface area contributed by atoms with E-state index in [1.54, 1.807) is 6.92 Å². The Morgan fingerprint density at radius 2 is 1.96 bits per heavy atom. The normalized spacial score (nSPS) is 17.7. The van der Waals surface area contributed by atoms with Gasteiger partial charge in [-0.15, -0.1) is 0 Å². The summed E-state index contributed by atoms with van der Waals surface area (Å²) in [5.41, 5.74) is 3.44. The highest BCUT2D eigenvalue weighted by Crippen LogP contribution is 2.30. The Morgan fingerprint density at radius 1 is 1.15 bits per heavy atom. The molecule has 1 aliphatic rings. The Balaban J connectivity index is 1.56. The van der Waals surface area contributed by atoms with Crippen LogP contribution < -0.4 is 0 Å².